The summed E-state index contributed by atoms with van der Waals surface area (Å²) in [5, 5.41) is 3.55. The Kier molecular flexibility index (Phi) is 4.60. The van der Waals surface area contributed by atoms with Crippen LogP contribution in [0.25, 0.3) is 0 Å². The van der Waals surface area contributed by atoms with Crippen LogP contribution in [0.15, 0.2) is 24.3 Å². The molecular weight excluding hydrogens is 282 g/mol. The van der Waals surface area contributed by atoms with Gasteiger partial charge in [-0.25, -0.2) is 0 Å². The molecule has 116 valence electrons. The zero-order chi connectivity index (χ0) is 13.4. The van der Waals surface area contributed by atoms with E-state index in [-0.39, 0.29) is 12.4 Å². The molecule has 1 aromatic carbocycles. The number of rotatable bonds is 3. The molecule has 4 rings (SSSR count). The molecule has 1 saturated carbocycles. The average molecular weight is 308 g/mol. The Labute approximate surface area is 134 Å². The number of hydrogen-bond donors (Lipinski definition) is 1. The van der Waals surface area contributed by atoms with Gasteiger partial charge < -0.3 is 15.1 Å². The van der Waals surface area contributed by atoms with Gasteiger partial charge in [0.2, 0.25) is 0 Å². The first-order valence-corrected chi connectivity index (χ1v) is 8.23. The normalized spacial score (nSPS) is 25.2. The fourth-order valence-electron chi connectivity index (χ4n) is 3.79. The number of fused-ring (bicyclic) bond motifs is 1. The summed E-state index contributed by atoms with van der Waals surface area (Å²) >= 11 is 0. The van der Waals surface area contributed by atoms with Crippen LogP contribution >= 0.6 is 12.4 Å². The van der Waals surface area contributed by atoms with Crippen LogP contribution in [0.1, 0.15) is 25.7 Å². The van der Waals surface area contributed by atoms with Crippen LogP contribution in [0, 0.1) is 5.92 Å². The van der Waals surface area contributed by atoms with Crippen molar-refractivity contribution in [2.75, 3.05) is 42.5 Å². The highest BCUT2D eigenvalue weighted by Crippen LogP contribution is 2.40. The van der Waals surface area contributed by atoms with E-state index in [4.69, 9.17) is 0 Å². The zero-order valence-corrected chi connectivity index (χ0v) is 13.4. The molecule has 4 heteroatoms. The number of para-hydroxylation sites is 2. The Hall–Kier alpha value is -0.930. The van der Waals surface area contributed by atoms with Gasteiger partial charge in [-0.05, 0) is 56.8 Å². The van der Waals surface area contributed by atoms with Crippen molar-refractivity contribution in [1.82, 2.24) is 5.32 Å². The summed E-state index contributed by atoms with van der Waals surface area (Å²) in [5.74, 6) is 0.823. The maximum atomic E-state index is 3.55. The van der Waals surface area contributed by atoms with Crippen molar-refractivity contribution in [2.45, 2.75) is 31.7 Å². The molecule has 1 atom stereocenters. The highest BCUT2D eigenvalue weighted by Gasteiger charge is 2.34. The maximum absolute atomic E-state index is 3.55. The minimum atomic E-state index is 0. The third-order valence-corrected chi connectivity index (χ3v) is 5.01. The van der Waals surface area contributed by atoms with Crippen molar-refractivity contribution in [2.24, 2.45) is 5.92 Å². The first-order valence-electron chi connectivity index (χ1n) is 8.23. The van der Waals surface area contributed by atoms with Crippen LogP contribution in [0.3, 0.4) is 0 Å². The second-order valence-corrected chi connectivity index (χ2v) is 6.57. The fourth-order valence-corrected chi connectivity index (χ4v) is 3.79. The second kappa shape index (κ2) is 6.45. The lowest BCUT2D eigenvalue weighted by Crippen LogP contribution is -2.46. The van der Waals surface area contributed by atoms with Gasteiger partial charge in [-0.3, -0.25) is 0 Å². The predicted octanol–water partition coefficient (Wildman–Crippen LogP) is 2.90. The van der Waals surface area contributed by atoms with E-state index in [1.165, 1.54) is 69.8 Å². The van der Waals surface area contributed by atoms with Gasteiger partial charge >= 0.3 is 0 Å². The Morgan fingerprint density at radius 1 is 1.05 bits per heavy atom. The summed E-state index contributed by atoms with van der Waals surface area (Å²) in [4.78, 5) is 5.27. The lowest BCUT2D eigenvalue weighted by molar-refractivity contribution is 0.376. The molecule has 1 aliphatic carbocycles. The number of anilines is 2. The smallest absolute Gasteiger partial charge is 0.0607 e. The van der Waals surface area contributed by atoms with Gasteiger partial charge in [-0.1, -0.05) is 12.1 Å². The van der Waals surface area contributed by atoms with E-state index in [1.54, 1.807) is 0 Å². The van der Waals surface area contributed by atoms with Crippen LogP contribution in [0.5, 0.6) is 0 Å². The summed E-state index contributed by atoms with van der Waals surface area (Å²) in [5.41, 5.74) is 2.95. The monoisotopic (exact) mass is 307 g/mol. The van der Waals surface area contributed by atoms with Gasteiger partial charge in [0, 0.05) is 25.7 Å². The SMILES string of the molecule is Cl.c1ccc2c(c1)N(CC1CCCNC1)CCN2C1CC1. The molecule has 3 nitrogen and oxygen atoms in total. The first kappa shape index (κ1) is 15.0. The van der Waals surface area contributed by atoms with Crippen molar-refractivity contribution in [3.63, 3.8) is 0 Å². The standard InChI is InChI=1S/C17H25N3.ClH/c1-2-6-17-16(5-1)19(10-11-20(17)15-7-8-15)13-14-4-3-9-18-12-14;/h1-2,5-6,14-15,18H,3-4,7-13H2;1H. The molecule has 1 unspecified atom stereocenters. The molecule has 2 fully saturated rings. The Morgan fingerprint density at radius 3 is 2.57 bits per heavy atom. The van der Waals surface area contributed by atoms with Gasteiger partial charge in [0.25, 0.3) is 0 Å². The third-order valence-electron chi connectivity index (χ3n) is 5.01. The van der Waals surface area contributed by atoms with Crippen LogP contribution in [0.2, 0.25) is 0 Å². The van der Waals surface area contributed by atoms with Gasteiger partial charge in [-0.2, -0.15) is 0 Å². The Balaban J connectivity index is 0.00000132. The number of nitrogens with zero attached hydrogens (tertiary/aromatic N) is 2. The van der Waals surface area contributed by atoms with Gasteiger partial charge in [0.15, 0.2) is 0 Å². The minimum Gasteiger partial charge on any atom is -0.368 e. The molecule has 2 aliphatic heterocycles. The maximum Gasteiger partial charge on any atom is 0.0607 e. The van der Waals surface area contributed by atoms with Crippen LogP contribution < -0.4 is 15.1 Å². The molecule has 0 aromatic heterocycles. The van der Waals surface area contributed by atoms with Gasteiger partial charge in [0.1, 0.15) is 0 Å². The molecule has 3 aliphatic rings. The van der Waals surface area contributed by atoms with Crippen molar-refractivity contribution in [3.05, 3.63) is 24.3 Å². The lowest BCUT2D eigenvalue weighted by atomic mass is 9.98. The molecule has 0 spiro atoms. The largest absolute Gasteiger partial charge is 0.368 e. The second-order valence-electron chi connectivity index (χ2n) is 6.57. The van der Waals surface area contributed by atoms with Crippen LogP contribution in [-0.4, -0.2) is 38.8 Å². The van der Waals surface area contributed by atoms with E-state index in [0.717, 1.165) is 12.0 Å². The van der Waals surface area contributed by atoms with Crippen molar-refractivity contribution >= 4 is 23.8 Å². The topological polar surface area (TPSA) is 18.5 Å². The van der Waals surface area contributed by atoms with Crippen molar-refractivity contribution < 1.29 is 0 Å². The molecular formula is C17H26ClN3. The minimum absolute atomic E-state index is 0. The van der Waals surface area contributed by atoms with E-state index in [2.05, 4.69) is 39.4 Å². The summed E-state index contributed by atoms with van der Waals surface area (Å²) in [6.45, 7) is 6.04. The molecule has 21 heavy (non-hydrogen) atoms. The molecule has 1 N–H and O–H groups in total. The molecule has 2 heterocycles. The number of piperidine rings is 1. The highest BCUT2D eigenvalue weighted by molar-refractivity contribution is 5.85. The number of nitrogens with one attached hydrogen (secondary N) is 1. The average Bonchev–Trinajstić information content (AvgIpc) is 3.33. The Bertz CT molecular complexity index is 469. The molecule has 1 saturated heterocycles. The number of hydrogen-bond acceptors (Lipinski definition) is 3. The summed E-state index contributed by atoms with van der Waals surface area (Å²) in [7, 11) is 0. The molecule has 0 bridgehead atoms. The number of halogens is 1. The van der Waals surface area contributed by atoms with E-state index >= 15 is 0 Å². The van der Waals surface area contributed by atoms with E-state index in [1.807, 2.05) is 0 Å². The van der Waals surface area contributed by atoms with Gasteiger partial charge in [0.05, 0.1) is 11.4 Å². The summed E-state index contributed by atoms with van der Waals surface area (Å²) in [6.07, 6.45) is 5.51. The zero-order valence-electron chi connectivity index (χ0n) is 12.6. The van der Waals surface area contributed by atoms with Crippen LogP contribution in [-0.2, 0) is 0 Å². The van der Waals surface area contributed by atoms with Crippen molar-refractivity contribution in [1.29, 1.82) is 0 Å². The highest BCUT2D eigenvalue weighted by atomic mass is 35.5. The summed E-state index contributed by atoms with van der Waals surface area (Å²) in [6, 6.07) is 9.86. The van der Waals surface area contributed by atoms with Crippen LogP contribution in [0.4, 0.5) is 11.4 Å². The van der Waals surface area contributed by atoms with E-state index < -0.39 is 0 Å². The quantitative estimate of drug-likeness (QED) is 0.926. The van der Waals surface area contributed by atoms with Gasteiger partial charge in [-0.15, -0.1) is 12.4 Å². The lowest BCUT2D eigenvalue weighted by Gasteiger charge is -2.41. The molecule has 0 radical (unpaired) electrons. The van der Waals surface area contributed by atoms with E-state index in [0.29, 0.717) is 0 Å². The summed E-state index contributed by atoms with van der Waals surface area (Å²) < 4.78 is 0. The fraction of sp³-hybridized carbons (Fsp3) is 0.647. The first-order chi connectivity index (χ1) is 9.92. The van der Waals surface area contributed by atoms with E-state index in [9.17, 15) is 0 Å². The number of benzene rings is 1. The van der Waals surface area contributed by atoms with Crippen molar-refractivity contribution in [3.8, 4) is 0 Å². The Morgan fingerprint density at radius 2 is 1.86 bits per heavy atom. The third kappa shape index (κ3) is 3.14. The predicted molar refractivity (Wildman–Crippen MR) is 91.9 cm³/mol. The molecule has 1 aromatic rings. The molecule has 0 amide bonds.